The molecule has 0 bridgehead atoms. The van der Waals surface area contributed by atoms with Crippen molar-refractivity contribution in [3.05, 3.63) is 12.2 Å². The molecule has 0 aromatic carbocycles. The Labute approximate surface area is 113 Å². The molecule has 1 saturated heterocycles. The van der Waals surface area contributed by atoms with E-state index in [1.54, 1.807) is 6.92 Å². The van der Waals surface area contributed by atoms with E-state index in [2.05, 4.69) is 6.58 Å². The monoisotopic (exact) mass is 266 g/mol. The fourth-order valence-electron chi connectivity index (χ4n) is 4.32. The molecule has 3 fully saturated rings. The Balaban J connectivity index is 2.02. The summed E-state index contributed by atoms with van der Waals surface area (Å²) in [6.45, 7) is 7.69. The second-order valence-electron chi connectivity index (χ2n) is 6.66. The quantitative estimate of drug-likeness (QED) is 0.512. The maximum absolute atomic E-state index is 11.8. The highest BCUT2D eigenvalue weighted by atomic mass is 16.6. The Morgan fingerprint density at radius 1 is 1.47 bits per heavy atom. The second-order valence-corrected chi connectivity index (χ2v) is 6.66. The van der Waals surface area contributed by atoms with Crippen LogP contribution in [0.3, 0.4) is 0 Å². The summed E-state index contributed by atoms with van der Waals surface area (Å²) in [5.74, 6) is -0.325. The van der Waals surface area contributed by atoms with Crippen molar-refractivity contribution in [1.29, 1.82) is 0 Å². The standard InChI is InChI=1S/C15H22O4/c1-7-4-5-9-8(2)14(17)19-13(9)12-10(7)6-11(16)15(12,3)18/h8-13,16,18H,1,4-6H2,2-3H3/t8-,9+,10+,11+,12+,13+,15-/m1/s1. The lowest BCUT2D eigenvalue weighted by atomic mass is 9.76. The normalized spacial score (nSPS) is 53.5. The van der Waals surface area contributed by atoms with E-state index in [0.717, 1.165) is 18.4 Å². The second kappa shape index (κ2) is 4.06. The van der Waals surface area contributed by atoms with Crippen LogP contribution in [0.4, 0.5) is 0 Å². The zero-order chi connectivity index (χ0) is 13.9. The van der Waals surface area contributed by atoms with Gasteiger partial charge in [-0.3, -0.25) is 4.79 Å². The highest BCUT2D eigenvalue weighted by Gasteiger charge is 2.60. The third-order valence-corrected chi connectivity index (χ3v) is 5.63. The van der Waals surface area contributed by atoms with Crippen molar-refractivity contribution in [3.8, 4) is 0 Å². The minimum absolute atomic E-state index is 0.0538. The van der Waals surface area contributed by atoms with Gasteiger partial charge in [0.25, 0.3) is 0 Å². The van der Waals surface area contributed by atoms with Crippen LogP contribution >= 0.6 is 0 Å². The van der Waals surface area contributed by atoms with E-state index in [1.807, 2.05) is 6.92 Å². The highest BCUT2D eigenvalue weighted by molar-refractivity contribution is 5.75. The third-order valence-electron chi connectivity index (χ3n) is 5.63. The van der Waals surface area contributed by atoms with Gasteiger partial charge in [0.15, 0.2) is 0 Å². The number of hydrogen-bond acceptors (Lipinski definition) is 4. The topological polar surface area (TPSA) is 66.8 Å². The SMILES string of the molecule is C=C1CC[C@@H]2[C@H](OC(=O)[C@@H]2C)[C@@H]2[C@H]1C[C@H](O)[C@@]2(C)O. The van der Waals surface area contributed by atoms with Gasteiger partial charge in [-0.1, -0.05) is 19.1 Å². The van der Waals surface area contributed by atoms with Crippen LogP contribution in [-0.2, 0) is 9.53 Å². The highest BCUT2D eigenvalue weighted by Crippen LogP contribution is 2.54. The zero-order valence-corrected chi connectivity index (χ0v) is 11.5. The van der Waals surface area contributed by atoms with Gasteiger partial charge in [0.05, 0.1) is 17.6 Å². The number of esters is 1. The van der Waals surface area contributed by atoms with Crippen LogP contribution in [0.5, 0.6) is 0 Å². The molecule has 7 atom stereocenters. The van der Waals surface area contributed by atoms with Crippen molar-refractivity contribution in [2.24, 2.45) is 23.7 Å². The number of hydrogen-bond donors (Lipinski definition) is 2. The maximum atomic E-state index is 11.8. The van der Waals surface area contributed by atoms with Gasteiger partial charge in [0.1, 0.15) is 6.10 Å². The Kier molecular flexibility index (Phi) is 2.81. The van der Waals surface area contributed by atoms with E-state index in [-0.39, 0.29) is 35.7 Å². The fraction of sp³-hybridized carbons (Fsp3) is 0.800. The van der Waals surface area contributed by atoms with E-state index in [4.69, 9.17) is 4.74 Å². The molecular weight excluding hydrogens is 244 g/mol. The lowest BCUT2D eigenvalue weighted by molar-refractivity contribution is -0.152. The van der Waals surface area contributed by atoms with E-state index in [1.165, 1.54) is 0 Å². The molecule has 0 aromatic heterocycles. The molecule has 2 N–H and O–H groups in total. The van der Waals surface area contributed by atoms with E-state index in [0.29, 0.717) is 6.42 Å². The molecule has 2 aliphatic carbocycles. The largest absolute Gasteiger partial charge is 0.461 e. The van der Waals surface area contributed by atoms with Crippen molar-refractivity contribution in [2.75, 3.05) is 0 Å². The summed E-state index contributed by atoms with van der Waals surface area (Å²) in [5, 5.41) is 20.8. The maximum Gasteiger partial charge on any atom is 0.309 e. The Hall–Kier alpha value is -0.870. The number of allylic oxidation sites excluding steroid dienone is 1. The van der Waals surface area contributed by atoms with Crippen LogP contribution in [0.1, 0.15) is 33.1 Å². The van der Waals surface area contributed by atoms with Gasteiger partial charge in [-0.25, -0.2) is 0 Å². The number of carbonyl (C=O) groups is 1. The van der Waals surface area contributed by atoms with Gasteiger partial charge in [0.2, 0.25) is 0 Å². The Morgan fingerprint density at radius 2 is 2.16 bits per heavy atom. The van der Waals surface area contributed by atoms with Gasteiger partial charge in [-0.2, -0.15) is 0 Å². The number of carbonyl (C=O) groups excluding carboxylic acids is 1. The van der Waals surface area contributed by atoms with Crippen LogP contribution in [0.25, 0.3) is 0 Å². The predicted octanol–water partition coefficient (Wildman–Crippen LogP) is 1.26. The van der Waals surface area contributed by atoms with E-state index >= 15 is 0 Å². The molecule has 4 heteroatoms. The average Bonchev–Trinajstić information content (AvgIpc) is 2.67. The van der Waals surface area contributed by atoms with Gasteiger partial charge < -0.3 is 14.9 Å². The first-order valence-electron chi connectivity index (χ1n) is 7.12. The van der Waals surface area contributed by atoms with Gasteiger partial charge in [-0.05, 0) is 32.1 Å². The number of aliphatic hydroxyl groups is 2. The smallest absolute Gasteiger partial charge is 0.309 e. The number of ether oxygens (including phenoxy) is 1. The molecular formula is C15H22O4. The lowest BCUT2D eigenvalue weighted by Gasteiger charge is -2.35. The summed E-state index contributed by atoms with van der Waals surface area (Å²) in [7, 11) is 0. The molecule has 0 radical (unpaired) electrons. The molecule has 3 rings (SSSR count). The third kappa shape index (κ3) is 1.69. The summed E-state index contributed by atoms with van der Waals surface area (Å²) in [6.07, 6.45) is 1.21. The molecule has 3 aliphatic rings. The molecule has 0 aromatic rings. The summed E-state index contributed by atoms with van der Waals surface area (Å²) >= 11 is 0. The first-order chi connectivity index (χ1) is 8.84. The average molecular weight is 266 g/mol. The first kappa shape index (κ1) is 13.1. The molecule has 1 heterocycles. The summed E-state index contributed by atoms with van der Waals surface area (Å²) < 4.78 is 5.55. The zero-order valence-electron chi connectivity index (χ0n) is 11.5. The molecule has 4 nitrogen and oxygen atoms in total. The molecule has 0 spiro atoms. The van der Waals surface area contributed by atoms with E-state index < -0.39 is 11.7 Å². The van der Waals surface area contributed by atoms with Crippen LogP contribution < -0.4 is 0 Å². The van der Waals surface area contributed by atoms with Crippen LogP contribution in [0.2, 0.25) is 0 Å². The van der Waals surface area contributed by atoms with Gasteiger partial charge in [0, 0.05) is 11.8 Å². The Morgan fingerprint density at radius 3 is 2.84 bits per heavy atom. The van der Waals surface area contributed by atoms with Crippen LogP contribution in [0, 0.1) is 23.7 Å². The molecule has 19 heavy (non-hydrogen) atoms. The molecule has 0 amide bonds. The number of fused-ring (bicyclic) bond motifs is 3. The summed E-state index contributed by atoms with van der Waals surface area (Å²) in [6, 6.07) is 0. The Bertz CT molecular complexity index is 428. The summed E-state index contributed by atoms with van der Waals surface area (Å²) in [4.78, 5) is 11.8. The minimum atomic E-state index is -1.20. The van der Waals surface area contributed by atoms with Crippen molar-refractivity contribution in [1.82, 2.24) is 0 Å². The fourth-order valence-corrected chi connectivity index (χ4v) is 4.32. The van der Waals surface area contributed by atoms with Crippen molar-refractivity contribution >= 4 is 5.97 Å². The van der Waals surface area contributed by atoms with Crippen molar-refractivity contribution in [2.45, 2.75) is 50.9 Å². The molecule has 1 aliphatic heterocycles. The lowest BCUT2D eigenvalue weighted by Crippen LogP contribution is -2.47. The minimum Gasteiger partial charge on any atom is -0.461 e. The van der Waals surface area contributed by atoms with Crippen LogP contribution in [-0.4, -0.2) is 34.0 Å². The van der Waals surface area contributed by atoms with Crippen molar-refractivity contribution in [3.63, 3.8) is 0 Å². The first-order valence-corrected chi connectivity index (χ1v) is 7.12. The molecule has 0 unspecified atom stereocenters. The number of aliphatic hydroxyl groups excluding tert-OH is 1. The van der Waals surface area contributed by atoms with Gasteiger partial charge >= 0.3 is 5.97 Å². The van der Waals surface area contributed by atoms with E-state index in [9.17, 15) is 15.0 Å². The predicted molar refractivity (Wildman–Crippen MR) is 69.1 cm³/mol. The van der Waals surface area contributed by atoms with Gasteiger partial charge in [-0.15, -0.1) is 0 Å². The molecule has 2 saturated carbocycles. The summed E-state index contributed by atoms with van der Waals surface area (Å²) in [5.41, 5.74) is -0.120. The molecule has 106 valence electrons. The van der Waals surface area contributed by atoms with Crippen LogP contribution in [0.15, 0.2) is 12.2 Å². The van der Waals surface area contributed by atoms with Crippen molar-refractivity contribution < 1.29 is 19.7 Å². The number of rotatable bonds is 0.